The number of hydrogen-bond donors (Lipinski definition) is 0. The molecule has 0 aliphatic rings. The lowest BCUT2D eigenvalue weighted by molar-refractivity contribution is 0.685. The summed E-state index contributed by atoms with van der Waals surface area (Å²) in [7, 11) is 2.01. The zero-order valence-corrected chi connectivity index (χ0v) is 16.4. The number of hydrogen-bond acceptors (Lipinski definition) is 2. The molecule has 0 bridgehead atoms. The van der Waals surface area contributed by atoms with Crippen LogP contribution in [0.1, 0.15) is 26.7 Å². The highest BCUT2D eigenvalue weighted by Gasteiger charge is 2.18. The molecule has 0 N–H and O–H groups in total. The molecule has 0 spiro atoms. The Balaban J connectivity index is 2.19. The topological polar surface area (TPSA) is 21.1 Å². The van der Waals surface area contributed by atoms with Crippen LogP contribution in [-0.2, 0) is 7.05 Å². The zero-order valence-electron chi connectivity index (χ0n) is 14.9. The van der Waals surface area contributed by atoms with Gasteiger partial charge in [0.2, 0.25) is 0 Å². The fourth-order valence-corrected chi connectivity index (χ4v) is 3.88. The lowest BCUT2D eigenvalue weighted by atomic mass is 10.0. The van der Waals surface area contributed by atoms with Crippen LogP contribution in [0, 0.1) is 0 Å². The van der Waals surface area contributed by atoms with Crippen LogP contribution in [0.2, 0.25) is 10.0 Å². The molecule has 132 valence electrons. The highest BCUT2D eigenvalue weighted by molar-refractivity contribution is 6.36. The minimum Gasteiger partial charge on any atom is -0.356 e. The summed E-state index contributed by atoms with van der Waals surface area (Å²) in [4.78, 5) is 2.42. The van der Waals surface area contributed by atoms with Gasteiger partial charge in [-0.3, -0.25) is 4.68 Å². The van der Waals surface area contributed by atoms with E-state index in [1.54, 1.807) is 6.07 Å². The highest BCUT2D eigenvalue weighted by atomic mass is 35.5. The summed E-state index contributed by atoms with van der Waals surface area (Å²) >= 11 is 12.5. The predicted molar refractivity (Wildman–Crippen MR) is 109 cm³/mol. The van der Waals surface area contributed by atoms with Crippen LogP contribution < -0.4 is 4.90 Å². The van der Waals surface area contributed by atoms with E-state index in [9.17, 15) is 0 Å². The lowest BCUT2D eigenvalue weighted by Gasteiger charge is -2.23. The average Bonchev–Trinajstić information content (AvgIpc) is 2.91. The second kappa shape index (κ2) is 7.67. The van der Waals surface area contributed by atoms with E-state index in [1.165, 1.54) is 5.82 Å². The summed E-state index contributed by atoms with van der Waals surface area (Å²) < 4.78 is 1.99. The van der Waals surface area contributed by atoms with Crippen LogP contribution in [0.3, 0.4) is 0 Å². The molecule has 0 saturated heterocycles. The number of aryl methyl sites for hydroxylation is 1. The fourth-order valence-electron chi connectivity index (χ4n) is 3.37. The van der Waals surface area contributed by atoms with Crippen molar-refractivity contribution in [2.24, 2.45) is 7.05 Å². The third kappa shape index (κ3) is 3.49. The summed E-state index contributed by atoms with van der Waals surface area (Å²) in [6.07, 6.45) is 2.21. The van der Waals surface area contributed by atoms with Crippen molar-refractivity contribution < 1.29 is 0 Å². The number of rotatable bonds is 6. The van der Waals surface area contributed by atoms with Crippen molar-refractivity contribution in [1.82, 2.24) is 9.78 Å². The maximum Gasteiger partial charge on any atom is 0.134 e. The molecule has 25 heavy (non-hydrogen) atoms. The van der Waals surface area contributed by atoms with Crippen LogP contribution in [0.15, 0.2) is 36.4 Å². The lowest BCUT2D eigenvalue weighted by Crippen LogP contribution is -2.27. The van der Waals surface area contributed by atoms with Gasteiger partial charge in [0.25, 0.3) is 0 Å². The molecule has 0 unspecified atom stereocenters. The smallest absolute Gasteiger partial charge is 0.134 e. The van der Waals surface area contributed by atoms with E-state index in [2.05, 4.69) is 36.9 Å². The minimum atomic E-state index is 0.639. The quantitative estimate of drug-likeness (QED) is 0.513. The van der Waals surface area contributed by atoms with Crippen LogP contribution in [0.4, 0.5) is 5.82 Å². The second-order valence-corrected chi connectivity index (χ2v) is 7.10. The van der Waals surface area contributed by atoms with Gasteiger partial charge in [-0.05, 0) is 31.0 Å². The van der Waals surface area contributed by atoms with Crippen molar-refractivity contribution in [2.45, 2.75) is 26.7 Å². The summed E-state index contributed by atoms with van der Waals surface area (Å²) in [5.41, 5.74) is 2.97. The fraction of sp³-hybridized carbons (Fsp3) is 0.350. The van der Waals surface area contributed by atoms with E-state index in [4.69, 9.17) is 28.3 Å². The summed E-state index contributed by atoms with van der Waals surface area (Å²) in [6.45, 7) is 6.46. The SMILES string of the molecule is CCCN(CCC)c1c2cccc(-c3ccc(Cl)cc3Cl)c2nn1C. The maximum atomic E-state index is 6.44. The highest BCUT2D eigenvalue weighted by Crippen LogP contribution is 2.37. The monoisotopic (exact) mass is 375 g/mol. The van der Waals surface area contributed by atoms with Gasteiger partial charge in [-0.1, -0.05) is 55.2 Å². The van der Waals surface area contributed by atoms with Gasteiger partial charge in [-0.25, -0.2) is 0 Å². The predicted octanol–water partition coefficient (Wildman–Crippen LogP) is 6.17. The van der Waals surface area contributed by atoms with Gasteiger partial charge in [-0.2, -0.15) is 5.10 Å². The maximum absolute atomic E-state index is 6.44. The summed E-state index contributed by atoms with van der Waals surface area (Å²) in [6, 6.07) is 11.9. The van der Waals surface area contributed by atoms with Gasteiger partial charge in [0.1, 0.15) is 11.3 Å². The van der Waals surface area contributed by atoms with Gasteiger partial charge in [-0.15, -0.1) is 0 Å². The Morgan fingerprint density at radius 3 is 2.36 bits per heavy atom. The first-order valence-electron chi connectivity index (χ1n) is 8.72. The van der Waals surface area contributed by atoms with E-state index in [-0.39, 0.29) is 0 Å². The molecular weight excluding hydrogens is 353 g/mol. The van der Waals surface area contributed by atoms with Crippen LogP contribution >= 0.6 is 23.2 Å². The van der Waals surface area contributed by atoms with Crippen molar-refractivity contribution in [3.05, 3.63) is 46.4 Å². The number of benzene rings is 2. The largest absolute Gasteiger partial charge is 0.356 e. The number of fused-ring (bicyclic) bond motifs is 1. The van der Waals surface area contributed by atoms with Crippen LogP contribution in [0.5, 0.6) is 0 Å². The number of halogens is 2. The van der Waals surface area contributed by atoms with Gasteiger partial charge in [0, 0.05) is 46.7 Å². The molecule has 3 nitrogen and oxygen atoms in total. The Kier molecular flexibility index (Phi) is 5.55. The zero-order chi connectivity index (χ0) is 18.0. The van der Waals surface area contributed by atoms with E-state index >= 15 is 0 Å². The first-order chi connectivity index (χ1) is 12.1. The van der Waals surface area contributed by atoms with Gasteiger partial charge >= 0.3 is 0 Å². The summed E-state index contributed by atoms with van der Waals surface area (Å²) in [5, 5.41) is 7.27. The molecule has 1 aromatic heterocycles. The third-order valence-electron chi connectivity index (χ3n) is 4.34. The Labute approximate surface area is 159 Å². The molecule has 0 radical (unpaired) electrons. The van der Waals surface area contributed by atoms with Crippen molar-refractivity contribution in [2.75, 3.05) is 18.0 Å². The average molecular weight is 376 g/mol. The molecule has 0 aliphatic carbocycles. The van der Waals surface area contributed by atoms with Gasteiger partial charge < -0.3 is 4.90 Å². The molecule has 0 atom stereocenters. The Morgan fingerprint density at radius 2 is 1.72 bits per heavy atom. The van der Waals surface area contributed by atoms with Gasteiger partial charge in [0.15, 0.2) is 0 Å². The number of anilines is 1. The first kappa shape index (κ1) is 18.1. The van der Waals surface area contributed by atoms with Crippen molar-refractivity contribution >= 4 is 39.9 Å². The normalized spacial score (nSPS) is 11.2. The van der Waals surface area contributed by atoms with E-state index in [0.717, 1.165) is 48.0 Å². The first-order valence-corrected chi connectivity index (χ1v) is 9.48. The molecule has 0 saturated carbocycles. The molecule has 0 aliphatic heterocycles. The molecule has 1 heterocycles. The molecule has 3 aromatic rings. The second-order valence-electron chi connectivity index (χ2n) is 6.26. The minimum absolute atomic E-state index is 0.639. The van der Waals surface area contributed by atoms with Crippen molar-refractivity contribution in [3.63, 3.8) is 0 Å². The summed E-state index contributed by atoms with van der Waals surface area (Å²) in [5.74, 6) is 1.17. The van der Waals surface area contributed by atoms with E-state index in [0.29, 0.717) is 10.0 Å². The Morgan fingerprint density at radius 1 is 1.00 bits per heavy atom. The van der Waals surface area contributed by atoms with Crippen LogP contribution in [-0.4, -0.2) is 22.9 Å². The molecule has 5 heteroatoms. The van der Waals surface area contributed by atoms with Crippen LogP contribution in [0.25, 0.3) is 22.0 Å². The number of aromatic nitrogens is 2. The molecule has 0 amide bonds. The molecule has 3 rings (SSSR count). The molecule has 2 aromatic carbocycles. The van der Waals surface area contributed by atoms with Gasteiger partial charge in [0.05, 0.1) is 0 Å². The van der Waals surface area contributed by atoms with Crippen molar-refractivity contribution in [3.8, 4) is 11.1 Å². The molecule has 0 fully saturated rings. The standard InChI is InChI=1S/C20H23Cl2N3/c1-4-11-25(12-5-2)20-17-8-6-7-16(19(17)23-24(20)3)15-10-9-14(21)13-18(15)22/h6-10,13H,4-5,11-12H2,1-3H3. The number of nitrogens with zero attached hydrogens (tertiary/aromatic N) is 3. The Hall–Kier alpha value is -1.71. The van der Waals surface area contributed by atoms with E-state index in [1.807, 2.05) is 23.9 Å². The third-order valence-corrected chi connectivity index (χ3v) is 4.89. The van der Waals surface area contributed by atoms with Crippen molar-refractivity contribution in [1.29, 1.82) is 0 Å². The van der Waals surface area contributed by atoms with E-state index < -0.39 is 0 Å². The Bertz CT molecular complexity index is 880. The molecular formula is C20H23Cl2N3.